The third-order valence-electron chi connectivity index (χ3n) is 3.06. The van der Waals surface area contributed by atoms with Crippen LogP contribution in [0.25, 0.3) is 0 Å². The predicted molar refractivity (Wildman–Crippen MR) is 62.9 cm³/mol. The van der Waals surface area contributed by atoms with Gasteiger partial charge >= 0.3 is 0 Å². The SMILES string of the molecule is CCC(N)c1ccc(N2CCCC2)cn1. The highest BCUT2D eigenvalue weighted by Crippen LogP contribution is 2.20. The quantitative estimate of drug-likeness (QED) is 0.821. The summed E-state index contributed by atoms with van der Waals surface area (Å²) in [5.74, 6) is 0. The van der Waals surface area contributed by atoms with Crippen molar-refractivity contribution in [3.8, 4) is 0 Å². The molecule has 0 bridgehead atoms. The molecule has 15 heavy (non-hydrogen) atoms. The van der Waals surface area contributed by atoms with Gasteiger partial charge in [0, 0.05) is 19.1 Å². The average Bonchev–Trinajstić information content (AvgIpc) is 2.82. The second-order valence-electron chi connectivity index (χ2n) is 4.15. The highest BCUT2D eigenvalue weighted by molar-refractivity contribution is 5.45. The number of nitrogens with zero attached hydrogens (tertiary/aromatic N) is 2. The normalized spacial score (nSPS) is 18.1. The summed E-state index contributed by atoms with van der Waals surface area (Å²) in [5.41, 5.74) is 8.16. The topological polar surface area (TPSA) is 42.1 Å². The molecule has 0 saturated carbocycles. The fourth-order valence-corrected chi connectivity index (χ4v) is 1.99. The Morgan fingerprint density at radius 3 is 2.67 bits per heavy atom. The van der Waals surface area contributed by atoms with Gasteiger partial charge in [-0.1, -0.05) is 6.92 Å². The van der Waals surface area contributed by atoms with Crippen LogP contribution in [-0.4, -0.2) is 18.1 Å². The first-order valence-electron chi connectivity index (χ1n) is 5.77. The van der Waals surface area contributed by atoms with Crippen molar-refractivity contribution in [1.29, 1.82) is 0 Å². The lowest BCUT2D eigenvalue weighted by molar-refractivity contribution is 0.675. The molecular weight excluding hydrogens is 186 g/mol. The molecule has 82 valence electrons. The van der Waals surface area contributed by atoms with Crippen LogP contribution in [-0.2, 0) is 0 Å². The van der Waals surface area contributed by atoms with Gasteiger partial charge in [0.1, 0.15) is 0 Å². The fourth-order valence-electron chi connectivity index (χ4n) is 1.99. The number of rotatable bonds is 3. The number of aromatic nitrogens is 1. The maximum Gasteiger partial charge on any atom is 0.0572 e. The van der Waals surface area contributed by atoms with Gasteiger partial charge in [-0.3, -0.25) is 4.98 Å². The summed E-state index contributed by atoms with van der Waals surface area (Å²) >= 11 is 0. The Hall–Kier alpha value is -1.09. The summed E-state index contributed by atoms with van der Waals surface area (Å²) in [5, 5.41) is 0. The van der Waals surface area contributed by atoms with E-state index in [0.29, 0.717) is 0 Å². The van der Waals surface area contributed by atoms with Crippen LogP contribution in [0.4, 0.5) is 5.69 Å². The van der Waals surface area contributed by atoms with Crippen molar-refractivity contribution in [2.24, 2.45) is 5.73 Å². The van der Waals surface area contributed by atoms with Crippen molar-refractivity contribution in [3.63, 3.8) is 0 Å². The molecule has 1 aromatic rings. The highest BCUT2D eigenvalue weighted by atomic mass is 15.1. The smallest absolute Gasteiger partial charge is 0.0572 e. The first kappa shape index (κ1) is 10.4. The van der Waals surface area contributed by atoms with Crippen LogP contribution < -0.4 is 10.6 Å². The molecule has 0 aromatic carbocycles. The summed E-state index contributed by atoms with van der Waals surface area (Å²) in [6.45, 7) is 4.42. The van der Waals surface area contributed by atoms with E-state index in [2.05, 4.69) is 28.9 Å². The zero-order valence-electron chi connectivity index (χ0n) is 9.32. The first-order valence-corrected chi connectivity index (χ1v) is 5.77. The van der Waals surface area contributed by atoms with E-state index in [-0.39, 0.29) is 6.04 Å². The largest absolute Gasteiger partial charge is 0.370 e. The average molecular weight is 205 g/mol. The Kier molecular flexibility index (Phi) is 3.21. The Bertz CT molecular complexity index is 301. The van der Waals surface area contributed by atoms with Crippen molar-refractivity contribution in [3.05, 3.63) is 24.0 Å². The van der Waals surface area contributed by atoms with E-state index in [4.69, 9.17) is 5.73 Å². The lowest BCUT2D eigenvalue weighted by Crippen LogP contribution is -2.18. The molecule has 3 heteroatoms. The van der Waals surface area contributed by atoms with Crippen LogP contribution >= 0.6 is 0 Å². The van der Waals surface area contributed by atoms with Crippen LogP contribution in [0.15, 0.2) is 18.3 Å². The van der Waals surface area contributed by atoms with Gasteiger partial charge in [-0.25, -0.2) is 0 Å². The van der Waals surface area contributed by atoms with E-state index in [0.717, 1.165) is 12.1 Å². The molecule has 1 fully saturated rings. The molecule has 2 N–H and O–H groups in total. The van der Waals surface area contributed by atoms with Crippen LogP contribution in [0.5, 0.6) is 0 Å². The van der Waals surface area contributed by atoms with Gasteiger partial charge in [0.05, 0.1) is 17.6 Å². The fraction of sp³-hybridized carbons (Fsp3) is 0.583. The van der Waals surface area contributed by atoms with Crippen molar-refractivity contribution in [2.75, 3.05) is 18.0 Å². The van der Waals surface area contributed by atoms with Gasteiger partial charge in [-0.2, -0.15) is 0 Å². The Morgan fingerprint density at radius 1 is 1.40 bits per heavy atom. The van der Waals surface area contributed by atoms with Gasteiger partial charge in [0.25, 0.3) is 0 Å². The molecule has 0 aliphatic carbocycles. The second kappa shape index (κ2) is 4.62. The molecule has 1 saturated heterocycles. The Balaban J connectivity index is 2.09. The third kappa shape index (κ3) is 2.29. The lowest BCUT2D eigenvalue weighted by Gasteiger charge is -2.17. The molecular formula is C12H19N3. The van der Waals surface area contributed by atoms with Gasteiger partial charge in [-0.15, -0.1) is 0 Å². The minimum atomic E-state index is 0.0811. The molecule has 0 spiro atoms. The van der Waals surface area contributed by atoms with E-state index in [1.807, 2.05) is 6.20 Å². The van der Waals surface area contributed by atoms with E-state index in [1.165, 1.54) is 31.6 Å². The summed E-state index contributed by atoms with van der Waals surface area (Å²) < 4.78 is 0. The Morgan fingerprint density at radius 2 is 2.13 bits per heavy atom. The Labute approximate surface area is 91.3 Å². The van der Waals surface area contributed by atoms with Gasteiger partial charge in [0.2, 0.25) is 0 Å². The van der Waals surface area contributed by atoms with Crippen LogP contribution in [0.1, 0.15) is 37.9 Å². The monoisotopic (exact) mass is 205 g/mol. The molecule has 2 heterocycles. The van der Waals surface area contributed by atoms with Gasteiger partial charge in [-0.05, 0) is 31.4 Å². The first-order chi connectivity index (χ1) is 7.31. The molecule has 1 aliphatic heterocycles. The molecule has 1 aromatic heterocycles. The third-order valence-corrected chi connectivity index (χ3v) is 3.06. The molecule has 1 aliphatic rings. The standard InChI is InChI=1S/C12H19N3/c1-2-11(13)12-6-5-10(9-14-12)15-7-3-4-8-15/h5-6,9,11H,2-4,7-8,13H2,1H3. The van der Waals surface area contributed by atoms with Crippen molar-refractivity contribution < 1.29 is 0 Å². The van der Waals surface area contributed by atoms with Gasteiger partial charge in [0.15, 0.2) is 0 Å². The van der Waals surface area contributed by atoms with Crippen molar-refractivity contribution in [1.82, 2.24) is 4.98 Å². The number of anilines is 1. The van der Waals surface area contributed by atoms with E-state index in [9.17, 15) is 0 Å². The van der Waals surface area contributed by atoms with Crippen LogP contribution in [0.2, 0.25) is 0 Å². The number of hydrogen-bond donors (Lipinski definition) is 1. The van der Waals surface area contributed by atoms with E-state index >= 15 is 0 Å². The summed E-state index contributed by atoms with van der Waals surface area (Å²) in [4.78, 5) is 6.81. The number of hydrogen-bond acceptors (Lipinski definition) is 3. The zero-order valence-corrected chi connectivity index (χ0v) is 9.32. The molecule has 0 amide bonds. The van der Waals surface area contributed by atoms with E-state index in [1.54, 1.807) is 0 Å². The maximum atomic E-state index is 5.92. The summed E-state index contributed by atoms with van der Waals surface area (Å²) in [6, 6.07) is 4.28. The number of nitrogens with two attached hydrogens (primary N) is 1. The van der Waals surface area contributed by atoms with Crippen molar-refractivity contribution >= 4 is 5.69 Å². The maximum absolute atomic E-state index is 5.92. The zero-order chi connectivity index (χ0) is 10.7. The predicted octanol–water partition coefficient (Wildman–Crippen LogP) is 2.09. The second-order valence-corrected chi connectivity index (χ2v) is 4.15. The van der Waals surface area contributed by atoms with Crippen LogP contribution in [0.3, 0.4) is 0 Å². The molecule has 1 unspecified atom stereocenters. The molecule has 2 rings (SSSR count). The molecule has 3 nitrogen and oxygen atoms in total. The molecule has 0 radical (unpaired) electrons. The lowest BCUT2D eigenvalue weighted by atomic mass is 10.1. The van der Waals surface area contributed by atoms with E-state index < -0.39 is 0 Å². The molecule has 1 atom stereocenters. The number of pyridine rings is 1. The van der Waals surface area contributed by atoms with Crippen molar-refractivity contribution in [2.45, 2.75) is 32.2 Å². The summed E-state index contributed by atoms with van der Waals surface area (Å²) in [7, 11) is 0. The minimum absolute atomic E-state index is 0.0811. The minimum Gasteiger partial charge on any atom is -0.370 e. The summed E-state index contributed by atoms with van der Waals surface area (Å²) in [6.07, 6.45) is 5.50. The van der Waals surface area contributed by atoms with Crippen LogP contribution in [0, 0.1) is 0 Å². The highest BCUT2D eigenvalue weighted by Gasteiger charge is 2.13. The van der Waals surface area contributed by atoms with Gasteiger partial charge < -0.3 is 10.6 Å².